The van der Waals surface area contributed by atoms with E-state index in [0.717, 1.165) is 6.54 Å². The molecule has 1 saturated carbocycles. The van der Waals surface area contributed by atoms with Crippen LogP contribution in [0, 0.1) is 13.8 Å². The van der Waals surface area contributed by atoms with Gasteiger partial charge in [0.15, 0.2) is 0 Å². The summed E-state index contributed by atoms with van der Waals surface area (Å²) in [6, 6.07) is 6.75. The molecule has 1 aromatic rings. The number of rotatable bonds is 3. The molecule has 0 spiro atoms. The third kappa shape index (κ3) is 2.40. The minimum Gasteiger partial charge on any atom is -0.307 e. The fourth-order valence-corrected chi connectivity index (χ4v) is 2.11. The van der Waals surface area contributed by atoms with Crippen molar-refractivity contribution in [1.82, 2.24) is 5.32 Å². The Morgan fingerprint density at radius 1 is 1.20 bits per heavy atom. The standard InChI is InChI=1S/C14H21N/c1-11-5-6-13(9-12(11)2)10-15-14(3)7-4-8-14/h5-6,9,15H,4,7-8,10H2,1-3H3. The lowest BCUT2D eigenvalue weighted by Crippen LogP contribution is -2.47. The molecule has 1 aliphatic rings. The van der Waals surface area contributed by atoms with Gasteiger partial charge >= 0.3 is 0 Å². The molecule has 15 heavy (non-hydrogen) atoms. The van der Waals surface area contributed by atoms with Gasteiger partial charge in [-0.2, -0.15) is 0 Å². The Morgan fingerprint density at radius 2 is 1.93 bits per heavy atom. The van der Waals surface area contributed by atoms with Crippen molar-refractivity contribution in [3.05, 3.63) is 34.9 Å². The molecule has 0 amide bonds. The highest BCUT2D eigenvalue weighted by Crippen LogP contribution is 2.31. The molecule has 2 rings (SSSR count). The van der Waals surface area contributed by atoms with E-state index in [9.17, 15) is 0 Å². The highest BCUT2D eigenvalue weighted by atomic mass is 15.0. The molecule has 0 aromatic heterocycles. The Hall–Kier alpha value is -0.820. The second-order valence-corrected chi connectivity index (χ2v) is 5.19. The summed E-state index contributed by atoms with van der Waals surface area (Å²) >= 11 is 0. The van der Waals surface area contributed by atoms with Gasteiger partial charge in [-0.05, 0) is 56.7 Å². The van der Waals surface area contributed by atoms with Crippen molar-refractivity contribution in [3.63, 3.8) is 0 Å². The number of aryl methyl sites for hydroxylation is 2. The summed E-state index contributed by atoms with van der Waals surface area (Å²) in [6.45, 7) is 7.69. The van der Waals surface area contributed by atoms with Gasteiger partial charge in [0.2, 0.25) is 0 Å². The summed E-state index contributed by atoms with van der Waals surface area (Å²) in [5, 5.41) is 3.66. The van der Waals surface area contributed by atoms with Crippen LogP contribution in [0.2, 0.25) is 0 Å². The summed E-state index contributed by atoms with van der Waals surface area (Å²) < 4.78 is 0. The molecule has 0 heterocycles. The predicted octanol–water partition coefficient (Wildman–Crippen LogP) is 3.34. The van der Waals surface area contributed by atoms with Gasteiger partial charge in [-0.1, -0.05) is 18.2 Å². The normalized spacial score (nSPS) is 18.6. The molecule has 1 nitrogen and oxygen atoms in total. The highest BCUT2D eigenvalue weighted by Gasteiger charge is 2.30. The number of hydrogen-bond donors (Lipinski definition) is 1. The molecule has 1 heteroatoms. The third-order valence-corrected chi connectivity index (χ3v) is 3.75. The first-order chi connectivity index (χ1) is 7.09. The van der Waals surface area contributed by atoms with Crippen LogP contribution in [0.4, 0.5) is 0 Å². The summed E-state index contributed by atoms with van der Waals surface area (Å²) in [5.41, 5.74) is 4.60. The molecule has 0 unspecified atom stereocenters. The smallest absolute Gasteiger partial charge is 0.0210 e. The van der Waals surface area contributed by atoms with Crippen molar-refractivity contribution in [1.29, 1.82) is 0 Å². The molecule has 1 fully saturated rings. The van der Waals surface area contributed by atoms with Gasteiger partial charge in [0.05, 0.1) is 0 Å². The van der Waals surface area contributed by atoms with E-state index >= 15 is 0 Å². The average Bonchev–Trinajstić information content (AvgIpc) is 2.17. The molecule has 0 saturated heterocycles. The van der Waals surface area contributed by atoms with Crippen LogP contribution < -0.4 is 5.32 Å². The summed E-state index contributed by atoms with van der Waals surface area (Å²) in [7, 11) is 0. The quantitative estimate of drug-likeness (QED) is 0.794. The van der Waals surface area contributed by atoms with Crippen molar-refractivity contribution in [2.45, 2.75) is 52.1 Å². The second-order valence-electron chi connectivity index (χ2n) is 5.19. The van der Waals surface area contributed by atoms with E-state index in [1.165, 1.54) is 36.0 Å². The van der Waals surface area contributed by atoms with E-state index in [4.69, 9.17) is 0 Å². The van der Waals surface area contributed by atoms with Gasteiger partial charge in [0.25, 0.3) is 0 Å². The molecule has 82 valence electrons. The van der Waals surface area contributed by atoms with Crippen molar-refractivity contribution < 1.29 is 0 Å². The van der Waals surface area contributed by atoms with Crippen molar-refractivity contribution in [2.75, 3.05) is 0 Å². The Balaban J connectivity index is 1.96. The number of nitrogens with one attached hydrogen (secondary N) is 1. The van der Waals surface area contributed by atoms with Crippen LogP contribution in [-0.2, 0) is 6.54 Å². The summed E-state index contributed by atoms with van der Waals surface area (Å²) in [5.74, 6) is 0. The summed E-state index contributed by atoms with van der Waals surface area (Å²) in [4.78, 5) is 0. The van der Waals surface area contributed by atoms with Crippen molar-refractivity contribution in [2.24, 2.45) is 0 Å². The monoisotopic (exact) mass is 203 g/mol. The van der Waals surface area contributed by atoms with Gasteiger partial charge in [-0.15, -0.1) is 0 Å². The van der Waals surface area contributed by atoms with Crippen LogP contribution >= 0.6 is 0 Å². The number of benzene rings is 1. The van der Waals surface area contributed by atoms with Gasteiger partial charge < -0.3 is 5.32 Å². The minimum atomic E-state index is 0.415. The van der Waals surface area contributed by atoms with Gasteiger partial charge in [-0.25, -0.2) is 0 Å². The lowest BCUT2D eigenvalue weighted by Gasteiger charge is -2.39. The SMILES string of the molecule is Cc1ccc(CNC2(C)CCC2)cc1C. The van der Waals surface area contributed by atoms with E-state index in [0.29, 0.717) is 5.54 Å². The fraction of sp³-hybridized carbons (Fsp3) is 0.571. The first-order valence-corrected chi connectivity index (χ1v) is 5.90. The van der Waals surface area contributed by atoms with E-state index in [2.05, 4.69) is 44.3 Å². The topological polar surface area (TPSA) is 12.0 Å². The Bertz CT molecular complexity index is 350. The lowest BCUT2D eigenvalue weighted by atomic mass is 9.78. The van der Waals surface area contributed by atoms with Gasteiger partial charge in [-0.3, -0.25) is 0 Å². The fourth-order valence-electron chi connectivity index (χ4n) is 2.11. The van der Waals surface area contributed by atoms with E-state index < -0.39 is 0 Å². The Labute approximate surface area is 92.9 Å². The largest absolute Gasteiger partial charge is 0.307 e. The first-order valence-electron chi connectivity index (χ1n) is 5.90. The zero-order valence-electron chi connectivity index (χ0n) is 10.1. The molecule has 0 bridgehead atoms. The zero-order valence-corrected chi connectivity index (χ0v) is 10.1. The molecule has 0 atom stereocenters. The van der Waals surface area contributed by atoms with Crippen LogP contribution in [0.25, 0.3) is 0 Å². The molecule has 0 radical (unpaired) electrons. The van der Waals surface area contributed by atoms with Gasteiger partial charge in [0.1, 0.15) is 0 Å². The van der Waals surface area contributed by atoms with Crippen molar-refractivity contribution >= 4 is 0 Å². The molecular weight excluding hydrogens is 182 g/mol. The van der Waals surface area contributed by atoms with Crippen LogP contribution in [0.5, 0.6) is 0 Å². The number of hydrogen-bond acceptors (Lipinski definition) is 1. The average molecular weight is 203 g/mol. The van der Waals surface area contributed by atoms with Gasteiger partial charge in [0, 0.05) is 12.1 Å². The lowest BCUT2D eigenvalue weighted by molar-refractivity contribution is 0.207. The maximum Gasteiger partial charge on any atom is 0.0210 e. The van der Waals surface area contributed by atoms with Crippen LogP contribution in [0.15, 0.2) is 18.2 Å². The Kier molecular flexibility index (Phi) is 2.83. The molecule has 1 aromatic carbocycles. The Morgan fingerprint density at radius 3 is 2.47 bits per heavy atom. The molecule has 0 aliphatic heterocycles. The van der Waals surface area contributed by atoms with Crippen molar-refractivity contribution in [3.8, 4) is 0 Å². The molecule has 1 N–H and O–H groups in total. The molecule has 1 aliphatic carbocycles. The first kappa shape index (κ1) is 10.7. The van der Waals surface area contributed by atoms with Crippen LogP contribution in [0.1, 0.15) is 42.9 Å². The third-order valence-electron chi connectivity index (χ3n) is 3.75. The summed E-state index contributed by atoms with van der Waals surface area (Å²) in [6.07, 6.45) is 4.05. The van der Waals surface area contributed by atoms with E-state index in [1.54, 1.807) is 0 Å². The predicted molar refractivity (Wildman–Crippen MR) is 65.0 cm³/mol. The second kappa shape index (κ2) is 3.97. The van der Waals surface area contributed by atoms with E-state index in [-0.39, 0.29) is 0 Å². The minimum absolute atomic E-state index is 0.415. The zero-order chi connectivity index (χ0) is 10.9. The molecular formula is C14H21N. The van der Waals surface area contributed by atoms with Crippen LogP contribution in [0.3, 0.4) is 0 Å². The maximum atomic E-state index is 3.66. The highest BCUT2D eigenvalue weighted by molar-refractivity contribution is 5.29. The maximum absolute atomic E-state index is 3.66. The van der Waals surface area contributed by atoms with E-state index in [1.807, 2.05) is 0 Å². The van der Waals surface area contributed by atoms with Crippen LogP contribution in [-0.4, -0.2) is 5.54 Å².